The molecular weight excluding hydrogens is 362 g/mol. The molecule has 0 radical (unpaired) electrons. The summed E-state index contributed by atoms with van der Waals surface area (Å²) in [4.78, 5) is 25.0. The molecule has 0 saturated heterocycles. The molecule has 0 aliphatic heterocycles. The number of fused-ring (bicyclic) bond motifs is 1. The first-order chi connectivity index (χ1) is 14.0. The molecule has 29 heavy (non-hydrogen) atoms. The van der Waals surface area contributed by atoms with E-state index in [9.17, 15) is 9.59 Å². The van der Waals surface area contributed by atoms with Crippen molar-refractivity contribution in [2.75, 3.05) is 6.61 Å². The van der Waals surface area contributed by atoms with Gasteiger partial charge in [0.2, 0.25) is 5.91 Å². The van der Waals surface area contributed by atoms with Crippen LogP contribution in [0.3, 0.4) is 0 Å². The second-order valence-corrected chi connectivity index (χ2v) is 7.88. The van der Waals surface area contributed by atoms with E-state index in [0.29, 0.717) is 6.61 Å². The molecule has 1 amide bonds. The van der Waals surface area contributed by atoms with Gasteiger partial charge in [0.05, 0.1) is 12.6 Å². The molecule has 4 nitrogen and oxygen atoms in total. The maximum atomic E-state index is 12.6. The number of hydrogen-bond donors (Lipinski definition) is 1. The molecule has 2 aromatic carbocycles. The van der Waals surface area contributed by atoms with Crippen molar-refractivity contribution in [3.63, 3.8) is 0 Å². The Hall–Kier alpha value is -2.62. The first kappa shape index (κ1) is 21.1. The Balaban J connectivity index is 1.57. The highest BCUT2D eigenvalue weighted by Crippen LogP contribution is 2.27. The summed E-state index contributed by atoms with van der Waals surface area (Å²) in [5, 5.41) is 3.01. The molecule has 0 fully saturated rings. The number of ether oxygens (including phenoxy) is 1. The molecule has 1 unspecified atom stereocenters. The molecule has 3 rings (SSSR count). The molecular formula is C25H31NO3. The maximum Gasteiger partial charge on any atom is 0.220 e. The average Bonchev–Trinajstić information content (AvgIpc) is 2.73. The van der Waals surface area contributed by atoms with E-state index in [0.717, 1.165) is 35.3 Å². The van der Waals surface area contributed by atoms with Gasteiger partial charge in [-0.2, -0.15) is 0 Å². The van der Waals surface area contributed by atoms with Gasteiger partial charge in [-0.1, -0.05) is 29.8 Å². The Kier molecular flexibility index (Phi) is 7.08. The van der Waals surface area contributed by atoms with Crippen molar-refractivity contribution >= 4 is 11.7 Å². The van der Waals surface area contributed by atoms with E-state index in [2.05, 4.69) is 11.4 Å². The third-order valence-electron chi connectivity index (χ3n) is 5.56. The Bertz CT molecular complexity index is 888. The fourth-order valence-electron chi connectivity index (χ4n) is 3.96. The minimum atomic E-state index is -0.178. The van der Waals surface area contributed by atoms with Crippen molar-refractivity contribution in [3.8, 4) is 5.75 Å². The van der Waals surface area contributed by atoms with Gasteiger partial charge in [0.1, 0.15) is 5.75 Å². The van der Waals surface area contributed by atoms with Crippen LogP contribution in [-0.2, 0) is 17.6 Å². The Morgan fingerprint density at radius 3 is 2.55 bits per heavy atom. The van der Waals surface area contributed by atoms with Gasteiger partial charge in [0.25, 0.3) is 0 Å². The summed E-state index contributed by atoms with van der Waals surface area (Å²) >= 11 is 0. The molecule has 154 valence electrons. The minimum Gasteiger partial charge on any atom is -0.494 e. The highest BCUT2D eigenvalue weighted by Gasteiger charge is 2.17. The lowest BCUT2D eigenvalue weighted by Crippen LogP contribution is -2.27. The van der Waals surface area contributed by atoms with Gasteiger partial charge >= 0.3 is 0 Å². The van der Waals surface area contributed by atoms with E-state index in [1.807, 2.05) is 51.1 Å². The number of hydrogen-bond acceptors (Lipinski definition) is 3. The van der Waals surface area contributed by atoms with E-state index in [-0.39, 0.29) is 30.6 Å². The van der Waals surface area contributed by atoms with Gasteiger partial charge in [-0.25, -0.2) is 0 Å². The topological polar surface area (TPSA) is 55.4 Å². The van der Waals surface area contributed by atoms with Crippen LogP contribution >= 0.6 is 0 Å². The van der Waals surface area contributed by atoms with Crippen LogP contribution in [0, 0.1) is 6.92 Å². The van der Waals surface area contributed by atoms with E-state index >= 15 is 0 Å². The van der Waals surface area contributed by atoms with Gasteiger partial charge in [0.15, 0.2) is 5.78 Å². The standard InChI is InChI=1S/C25H31NO3/c1-4-29-24-13-9-17(2)15-22(24)18(3)26-25(28)14-12-23(27)21-11-10-19-7-5-6-8-20(19)16-21/h9-11,13,15-16,18H,4-8,12,14H2,1-3H3,(H,26,28). The number of nitrogens with one attached hydrogen (secondary N) is 1. The Labute approximate surface area is 173 Å². The summed E-state index contributed by atoms with van der Waals surface area (Å²) < 4.78 is 5.69. The number of Topliss-reactive ketones (excluding diaryl/α,β-unsaturated/α-hetero) is 1. The molecule has 0 bridgehead atoms. The van der Waals surface area contributed by atoms with Crippen LogP contribution in [0.25, 0.3) is 0 Å². The fourth-order valence-corrected chi connectivity index (χ4v) is 3.96. The lowest BCUT2D eigenvalue weighted by molar-refractivity contribution is -0.121. The molecule has 1 aliphatic carbocycles. The lowest BCUT2D eigenvalue weighted by atomic mass is 9.89. The molecule has 1 N–H and O–H groups in total. The second kappa shape index (κ2) is 9.73. The smallest absolute Gasteiger partial charge is 0.220 e. The quantitative estimate of drug-likeness (QED) is 0.634. The number of carbonyl (C=O) groups is 2. The number of amides is 1. The lowest BCUT2D eigenvalue weighted by Gasteiger charge is -2.19. The van der Waals surface area contributed by atoms with E-state index in [1.54, 1.807) is 0 Å². The van der Waals surface area contributed by atoms with Crippen LogP contribution < -0.4 is 10.1 Å². The molecule has 0 aromatic heterocycles. The summed E-state index contributed by atoms with van der Waals surface area (Å²) in [5.74, 6) is 0.704. The predicted molar refractivity (Wildman–Crippen MR) is 116 cm³/mol. The number of rotatable bonds is 8. The highest BCUT2D eigenvalue weighted by atomic mass is 16.5. The predicted octanol–water partition coefficient (Wildman–Crippen LogP) is 5.11. The molecule has 1 aliphatic rings. The van der Waals surface area contributed by atoms with Crippen molar-refractivity contribution in [1.82, 2.24) is 5.32 Å². The highest BCUT2D eigenvalue weighted by molar-refractivity contribution is 5.98. The zero-order valence-electron chi connectivity index (χ0n) is 17.7. The van der Waals surface area contributed by atoms with Crippen molar-refractivity contribution in [2.45, 2.75) is 65.3 Å². The van der Waals surface area contributed by atoms with Crippen molar-refractivity contribution in [2.24, 2.45) is 0 Å². The molecule has 4 heteroatoms. The summed E-state index contributed by atoms with van der Waals surface area (Å²) in [6.45, 7) is 6.48. The second-order valence-electron chi connectivity index (χ2n) is 7.88. The Morgan fingerprint density at radius 1 is 1.03 bits per heavy atom. The van der Waals surface area contributed by atoms with E-state index in [1.165, 1.54) is 24.0 Å². The van der Waals surface area contributed by atoms with Crippen molar-refractivity contribution < 1.29 is 14.3 Å². The Morgan fingerprint density at radius 2 is 1.79 bits per heavy atom. The summed E-state index contributed by atoms with van der Waals surface area (Å²) in [5.41, 5.74) is 5.46. The van der Waals surface area contributed by atoms with Gasteiger partial charge in [-0.05, 0) is 69.7 Å². The fraction of sp³-hybridized carbons (Fsp3) is 0.440. The molecule has 0 saturated carbocycles. The first-order valence-electron chi connectivity index (χ1n) is 10.7. The normalized spacial score (nSPS) is 14.0. The summed E-state index contributed by atoms with van der Waals surface area (Å²) in [7, 11) is 0. The van der Waals surface area contributed by atoms with Crippen LogP contribution in [0.1, 0.15) is 78.2 Å². The number of ketones is 1. The molecule has 2 aromatic rings. The van der Waals surface area contributed by atoms with Gasteiger partial charge in [-0.3, -0.25) is 9.59 Å². The van der Waals surface area contributed by atoms with Gasteiger partial charge in [0, 0.05) is 24.0 Å². The maximum absolute atomic E-state index is 12.6. The van der Waals surface area contributed by atoms with Crippen LogP contribution in [0.15, 0.2) is 36.4 Å². The third kappa shape index (κ3) is 5.47. The summed E-state index contributed by atoms with van der Waals surface area (Å²) in [6.07, 6.45) is 4.98. The van der Waals surface area contributed by atoms with Crippen molar-refractivity contribution in [1.29, 1.82) is 0 Å². The van der Waals surface area contributed by atoms with Crippen LogP contribution in [-0.4, -0.2) is 18.3 Å². The number of aryl methyl sites for hydroxylation is 3. The number of carbonyl (C=O) groups excluding carboxylic acids is 2. The van der Waals surface area contributed by atoms with Crippen LogP contribution in [0.4, 0.5) is 0 Å². The summed E-state index contributed by atoms with van der Waals surface area (Å²) in [6, 6.07) is 11.8. The first-order valence-corrected chi connectivity index (χ1v) is 10.7. The molecule has 0 heterocycles. The van der Waals surface area contributed by atoms with Crippen LogP contribution in [0.2, 0.25) is 0 Å². The zero-order chi connectivity index (χ0) is 20.8. The zero-order valence-corrected chi connectivity index (χ0v) is 17.7. The van der Waals surface area contributed by atoms with E-state index in [4.69, 9.17) is 4.74 Å². The molecule has 0 spiro atoms. The monoisotopic (exact) mass is 393 g/mol. The van der Waals surface area contributed by atoms with E-state index < -0.39 is 0 Å². The molecule has 1 atom stereocenters. The van der Waals surface area contributed by atoms with Crippen LogP contribution in [0.5, 0.6) is 5.75 Å². The minimum absolute atomic E-state index is 0.0340. The van der Waals surface area contributed by atoms with Gasteiger partial charge in [-0.15, -0.1) is 0 Å². The SMILES string of the molecule is CCOc1ccc(C)cc1C(C)NC(=O)CCC(=O)c1ccc2c(c1)CCCC2. The third-order valence-corrected chi connectivity index (χ3v) is 5.56. The number of benzene rings is 2. The van der Waals surface area contributed by atoms with Crippen molar-refractivity contribution in [3.05, 3.63) is 64.2 Å². The largest absolute Gasteiger partial charge is 0.494 e. The average molecular weight is 394 g/mol. The van der Waals surface area contributed by atoms with Gasteiger partial charge < -0.3 is 10.1 Å².